The van der Waals surface area contributed by atoms with Gasteiger partial charge in [-0.2, -0.15) is 13.2 Å². The summed E-state index contributed by atoms with van der Waals surface area (Å²) in [5.41, 5.74) is 4.74. The topological polar surface area (TPSA) is 72.2 Å². The first-order valence-electron chi connectivity index (χ1n) is 3.93. The fraction of sp³-hybridized carbons (Fsp3) is 0.714. The van der Waals surface area contributed by atoms with Gasteiger partial charge in [0.15, 0.2) is 0 Å². The third kappa shape index (κ3) is 8.82. The summed E-state index contributed by atoms with van der Waals surface area (Å²) in [6, 6.07) is 0. The van der Waals surface area contributed by atoms with Crippen LogP contribution in [0.5, 0.6) is 0 Å². The smallest absolute Gasteiger partial charge is 0.370 e. The third-order valence-electron chi connectivity index (χ3n) is 1.33. The van der Waals surface area contributed by atoms with Crippen LogP contribution in [0, 0.1) is 0 Å². The largest absolute Gasteiger partial charge is 0.390 e. The molecule has 4 nitrogen and oxygen atoms in total. The van der Waals surface area contributed by atoms with E-state index in [0.29, 0.717) is 0 Å². The number of hydrogen-bond acceptors (Lipinski definition) is 2. The second-order valence-corrected chi connectivity index (χ2v) is 2.68. The van der Waals surface area contributed by atoms with E-state index in [1.165, 1.54) is 0 Å². The molecule has 0 rings (SSSR count). The SMILES string of the molecule is NC(=O)CCC(=O)NCCC(F)(F)F. The van der Waals surface area contributed by atoms with Crippen molar-refractivity contribution in [1.29, 1.82) is 0 Å². The van der Waals surface area contributed by atoms with Crippen LogP contribution in [-0.2, 0) is 9.59 Å². The average molecular weight is 212 g/mol. The number of alkyl halides is 3. The number of halogens is 3. The fourth-order valence-corrected chi connectivity index (χ4v) is 0.669. The summed E-state index contributed by atoms with van der Waals surface area (Å²) >= 11 is 0. The molecule has 0 aromatic heterocycles. The number of nitrogens with one attached hydrogen (secondary N) is 1. The van der Waals surface area contributed by atoms with Gasteiger partial charge < -0.3 is 11.1 Å². The van der Waals surface area contributed by atoms with Crippen molar-refractivity contribution in [3.8, 4) is 0 Å². The Hall–Kier alpha value is -1.27. The van der Waals surface area contributed by atoms with Gasteiger partial charge in [0, 0.05) is 19.4 Å². The fourth-order valence-electron chi connectivity index (χ4n) is 0.669. The summed E-state index contributed by atoms with van der Waals surface area (Å²) in [4.78, 5) is 20.9. The van der Waals surface area contributed by atoms with E-state index >= 15 is 0 Å². The van der Waals surface area contributed by atoms with Crippen molar-refractivity contribution in [3.63, 3.8) is 0 Å². The van der Waals surface area contributed by atoms with Crippen LogP contribution in [0.2, 0.25) is 0 Å². The van der Waals surface area contributed by atoms with Gasteiger partial charge in [-0.15, -0.1) is 0 Å². The van der Waals surface area contributed by atoms with Crippen LogP contribution in [-0.4, -0.2) is 24.5 Å². The number of carbonyl (C=O) groups excluding carboxylic acids is 2. The molecular weight excluding hydrogens is 201 g/mol. The summed E-state index contributed by atoms with van der Waals surface area (Å²) < 4.78 is 34.8. The van der Waals surface area contributed by atoms with Gasteiger partial charge in [0.05, 0.1) is 6.42 Å². The molecule has 0 unspecified atom stereocenters. The highest BCUT2D eigenvalue weighted by Gasteiger charge is 2.26. The molecule has 0 heterocycles. The van der Waals surface area contributed by atoms with Gasteiger partial charge in [0.25, 0.3) is 0 Å². The zero-order valence-corrected chi connectivity index (χ0v) is 7.36. The Bertz CT molecular complexity index is 215. The van der Waals surface area contributed by atoms with E-state index in [0.717, 1.165) is 0 Å². The van der Waals surface area contributed by atoms with E-state index in [9.17, 15) is 22.8 Å². The van der Waals surface area contributed by atoms with Gasteiger partial charge in [-0.25, -0.2) is 0 Å². The second-order valence-electron chi connectivity index (χ2n) is 2.68. The van der Waals surface area contributed by atoms with Crippen molar-refractivity contribution in [2.75, 3.05) is 6.54 Å². The van der Waals surface area contributed by atoms with Crippen LogP contribution in [0.1, 0.15) is 19.3 Å². The van der Waals surface area contributed by atoms with E-state index in [1.54, 1.807) is 0 Å². The van der Waals surface area contributed by atoms with E-state index in [-0.39, 0.29) is 12.8 Å². The average Bonchev–Trinajstić information content (AvgIpc) is 1.98. The van der Waals surface area contributed by atoms with Crippen LogP contribution >= 0.6 is 0 Å². The minimum atomic E-state index is -4.28. The van der Waals surface area contributed by atoms with Crippen LogP contribution in [0.25, 0.3) is 0 Å². The predicted octanol–water partition coefficient (Wildman–Crippen LogP) is 0.320. The molecule has 0 fully saturated rings. The molecule has 0 aliphatic rings. The molecule has 0 radical (unpaired) electrons. The molecule has 0 bridgehead atoms. The highest BCUT2D eigenvalue weighted by molar-refractivity contribution is 5.82. The normalized spacial score (nSPS) is 11.1. The van der Waals surface area contributed by atoms with Gasteiger partial charge >= 0.3 is 6.18 Å². The maximum absolute atomic E-state index is 11.6. The zero-order chi connectivity index (χ0) is 11.2. The molecule has 14 heavy (non-hydrogen) atoms. The molecule has 82 valence electrons. The molecule has 0 saturated carbocycles. The Morgan fingerprint density at radius 1 is 1.21 bits per heavy atom. The first-order chi connectivity index (χ1) is 6.31. The molecule has 0 aliphatic heterocycles. The first kappa shape index (κ1) is 12.7. The van der Waals surface area contributed by atoms with E-state index in [1.807, 2.05) is 5.32 Å². The van der Waals surface area contributed by atoms with Crippen molar-refractivity contribution in [1.82, 2.24) is 5.32 Å². The summed E-state index contributed by atoms with van der Waals surface area (Å²) in [6.45, 7) is -0.471. The first-order valence-corrected chi connectivity index (χ1v) is 3.93. The molecule has 0 aromatic carbocycles. The highest BCUT2D eigenvalue weighted by atomic mass is 19.4. The van der Waals surface area contributed by atoms with Crippen LogP contribution in [0.3, 0.4) is 0 Å². The number of primary amides is 1. The molecule has 0 atom stereocenters. The number of rotatable bonds is 5. The molecular formula is C7H11F3N2O2. The van der Waals surface area contributed by atoms with Crippen molar-refractivity contribution in [2.24, 2.45) is 5.73 Å². The minimum Gasteiger partial charge on any atom is -0.370 e. The van der Waals surface area contributed by atoms with Crippen LogP contribution in [0.15, 0.2) is 0 Å². The monoisotopic (exact) mass is 212 g/mol. The number of amides is 2. The van der Waals surface area contributed by atoms with Crippen LogP contribution < -0.4 is 11.1 Å². The van der Waals surface area contributed by atoms with Crippen molar-refractivity contribution in [3.05, 3.63) is 0 Å². The third-order valence-corrected chi connectivity index (χ3v) is 1.33. The molecule has 0 saturated heterocycles. The molecule has 2 amide bonds. The summed E-state index contributed by atoms with van der Waals surface area (Å²) in [7, 11) is 0. The second kappa shape index (κ2) is 5.46. The summed E-state index contributed by atoms with van der Waals surface area (Å²) in [5.74, 6) is -1.26. The zero-order valence-electron chi connectivity index (χ0n) is 7.36. The molecule has 0 spiro atoms. The van der Waals surface area contributed by atoms with Gasteiger partial charge in [0.1, 0.15) is 0 Å². The summed E-state index contributed by atoms with van der Waals surface area (Å²) in [5, 5.41) is 2.03. The van der Waals surface area contributed by atoms with Crippen molar-refractivity contribution >= 4 is 11.8 Å². The van der Waals surface area contributed by atoms with Crippen molar-refractivity contribution < 1.29 is 22.8 Å². The molecule has 0 aliphatic carbocycles. The maximum atomic E-state index is 11.6. The number of hydrogen-bond donors (Lipinski definition) is 2. The molecule has 0 aromatic rings. The van der Waals surface area contributed by atoms with Crippen molar-refractivity contribution in [2.45, 2.75) is 25.4 Å². The minimum absolute atomic E-state index is 0.155. The summed E-state index contributed by atoms with van der Waals surface area (Å²) in [6.07, 6.45) is -5.68. The van der Waals surface area contributed by atoms with E-state index in [4.69, 9.17) is 5.73 Å². The Kier molecular flexibility index (Phi) is 4.96. The lowest BCUT2D eigenvalue weighted by atomic mass is 10.3. The number of carbonyl (C=O) groups is 2. The Balaban J connectivity index is 3.50. The highest BCUT2D eigenvalue weighted by Crippen LogP contribution is 2.18. The lowest BCUT2D eigenvalue weighted by Crippen LogP contribution is -2.28. The van der Waals surface area contributed by atoms with Gasteiger partial charge in [-0.05, 0) is 0 Å². The van der Waals surface area contributed by atoms with E-state index in [2.05, 4.69) is 0 Å². The molecule has 7 heteroatoms. The Labute approximate surface area is 78.6 Å². The van der Waals surface area contributed by atoms with Gasteiger partial charge in [-0.3, -0.25) is 9.59 Å². The molecule has 3 N–H and O–H groups in total. The standard InChI is InChI=1S/C7H11F3N2O2/c8-7(9,10)3-4-12-6(14)2-1-5(11)13/h1-4H2,(H2,11,13)(H,12,14). The Morgan fingerprint density at radius 2 is 1.79 bits per heavy atom. The Morgan fingerprint density at radius 3 is 2.21 bits per heavy atom. The predicted molar refractivity (Wildman–Crippen MR) is 42.1 cm³/mol. The van der Waals surface area contributed by atoms with Gasteiger partial charge in [-0.1, -0.05) is 0 Å². The lowest BCUT2D eigenvalue weighted by Gasteiger charge is -2.06. The number of nitrogens with two attached hydrogens (primary N) is 1. The quantitative estimate of drug-likeness (QED) is 0.688. The van der Waals surface area contributed by atoms with Crippen LogP contribution in [0.4, 0.5) is 13.2 Å². The van der Waals surface area contributed by atoms with Gasteiger partial charge in [0.2, 0.25) is 11.8 Å². The lowest BCUT2D eigenvalue weighted by molar-refractivity contribution is -0.136. The maximum Gasteiger partial charge on any atom is 0.390 e. The van der Waals surface area contributed by atoms with E-state index < -0.39 is 31.0 Å².